The van der Waals surface area contributed by atoms with Crippen molar-refractivity contribution in [3.05, 3.63) is 59.4 Å². The summed E-state index contributed by atoms with van der Waals surface area (Å²) >= 11 is 0. The van der Waals surface area contributed by atoms with Crippen LogP contribution in [0.2, 0.25) is 0 Å². The third-order valence-electron chi connectivity index (χ3n) is 3.04. The number of ether oxygens (including phenoxy) is 2. The molecular weight excluding hydrogens is 303 g/mol. The summed E-state index contributed by atoms with van der Waals surface area (Å²) in [5, 5.41) is 0. The van der Waals surface area contributed by atoms with Crippen molar-refractivity contribution >= 4 is 11.8 Å². The van der Waals surface area contributed by atoms with E-state index in [9.17, 15) is 14.0 Å². The van der Waals surface area contributed by atoms with E-state index in [0.717, 1.165) is 12.1 Å². The van der Waals surface area contributed by atoms with E-state index in [1.807, 2.05) is 0 Å². The maximum atomic E-state index is 12.8. The van der Waals surface area contributed by atoms with Crippen molar-refractivity contribution in [3.8, 4) is 11.5 Å². The van der Waals surface area contributed by atoms with Gasteiger partial charge in [0.15, 0.2) is 11.5 Å². The molecule has 120 valence electrons. The topological polar surface area (TPSA) is 76.7 Å². The van der Waals surface area contributed by atoms with Gasteiger partial charge in [-0.3, -0.25) is 20.4 Å². The zero-order valence-electron chi connectivity index (χ0n) is 12.6. The number of rotatable bonds is 4. The predicted octanol–water partition coefficient (Wildman–Crippen LogP) is 1.92. The van der Waals surface area contributed by atoms with E-state index in [1.165, 1.54) is 38.5 Å². The van der Waals surface area contributed by atoms with Crippen LogP contribution in [-0.4, -0.2) is 26.0 Å². The van der Waals surface area contributed by atoms with Crippen molar-refractivity contribution in [3.63, 3.8) is 0 Å². The summed E-state index contributed by atoms with van der Waals surface area (Å²) in [7, 11) is 2.94. The first-order valence-electron chi connectivity index (χ1n) is 6.63. The highest BCUT2D eigenvalue weighted by Crippen LogP contribution is 2.27. The van der Waals surface area contributed by atoms with Crippen LogP contribution in [0, 0.1) is 5.82 Å². The molecule has 0 radical (unpaired) electrons. The third-order valence-corrected chi connectivity index (χ3v) is 3.04. The number of benzene rings is 2. The SMILES string of the molecule is COc1ccc(C(=O)NNC(=O)c2ccc(F)cc2)cc1OC. The third kappa shape index (κ3) is 3.97. The van der Waals surface area contributed by atoms with Crippen molar-refractivity contribution in [1.82, 2.24) is 10.9 Å². The number of halogens is 1. The van der Waals surface area contributed by atoms with Gasteiger partial charge in [-0.05, 0) is 42.5 Å². The van der Waals surface area contributed by atoms with E-state index in [0.29, 0.717) is 11.5 Å². The second kappa shape index (κ2) is 7.26. The second-order valence-electron chi connectivity index (χ2n) is 4.48. The normalized spacial score (nSPS) is 9.87. The van der Waals surface area contributed by atoms with Gasteiger partial charge in [-0.15, -0.1) is 0 Å². The molecule has 2 aromatic rings. The minimum atomic E-state index is -0.557. The number of hydrogen-bond acceptors (Lipinski definition) is 4. The van der Waals surface area contributed by atoms with Gasteiger partial charge in [-0.1, -0.05) is 0 Å². The van der Waals surface area contributed by atoms with E-state index in [2.05, 4.69) is 10.9 Å². The van der Waals surface area contributed by atoms with Gasteiger partial charge in [-0.25, -0.2) is 4.39 Å². The van der Waals surface area contributed by atoms with Gasteiger partial charge in [0.2, 0.25) is 0 Å². The van der Waals surface area contributed by atoms with Crippen molar-refractivity contribution in [2.24, 2.45) is 0 Å². The number of nitrogens with one attached hydrogen (secondary N) is 2. The molecule has 6 nitrogen and oxygen atoms in total. The van der Waals surface area contributed by atoms with Gasteiger partial charge < -0.3 is 9.47 Å². The number of amides is 2. The van der Waals surface area contributed by atoms with Gasteiger partial charge in [0.1, 0.15) is 5.82 Å². The minimum Gasteiger partial charge on any atom is -0.493 e. The maximum Gasteiger partial charge on any atom is 0.269 e. The van der Waals surface area contributed by atoms with Crippen molar-refractivity contribution in [2.45, 2.75) is 0 Å². The van der Waals surface area contributed by atoms with E-state index < -0.39 is 17.6 Å². The standard InChI is InChI=1S/C16H15FN2O4/c1-22-13-8-5-11(9-14(13)23-2)16(21)19-18-15(20)10-3-6-12(17)7-4-10/h3-9H,1-2H3,(H,18,20)(H,19,21). The van der Waals surface area contributed by atoms with E-state index in [4.69, 9.17) is 9.47 Å². The minimum absolute atomic E-state index is 0.221. The summed E-state index contributed by atoms with van der Waals surface area (Å²) in [6.45, 7) is 0. The molecule has 0 spiro atoms. The number of carbonyl (C=O) groups is 2. The fourth-order valence-electron chi connectivity index (χ4n) is 1.84. The van der Waals surface area contributed by atoms with Gasteiger partial charge in [0.05, 0.1) is 14.2 Å². The molecule has 0 saturated carbocycles. The lowest BCUT2D eigenvalue weighted by molar-refractivity contribution is 0.0846. The second-order valence-corrected chi connectivity index (χ2v) is 4.48. The number of hydrazine groups is 1. The molecule has 0 bridgehead atoms. The molecule has 2 N–H and O–H groups in total. The molecule has 0 aliphatic rings. The van der Waals surface area contributed by atoms with Gasteiger partial charge in [0.25, 0.3) is 11.8 Å². The van der Waals surface area contributed by atoms with Crippen LogP contribution in [0.5, 0.6) is 11.5 Å². The van der Waals surface area contributed by atoms with Crippen molar-refractivity contribution in [1.29, 1.82) is 0 Å². The van der Waals surface area contributed by atoms with Gasteiger partial charge in [0, 0.05) is 11.1 Å². The van der Waals surface area contributed by atoms with Crippen LogP contribution in [-0.2, 0) is 0 Å². The number of carbonyl (C=O) groups excluding carboxylic acids is 2. The Morgan fingerprint density at radius 3 is 1.91 bits per heavy atom. The molecule has 23 heavy (non-hydrogen) atoms. The number of hydrogen-bond donors (Lipinski definition) is 2. The lowest BCUT2D eigenvalue weighted by Crippen LogP contribution is -2.41. The Hall–Kier alpha value is -3.09. The molecule has 2 aromatic carbocycles. The van der Waals surface area contributed by atoms with Crippen LogP contribution in [0.4, 0.5) is 4.39 Å². The Bertz CT molecular complexity index is 717. The van der Waals surface area contributed by atoms with Crippen LogP contribution in [0.25, 0.3) is 0 Å². The highest BCUT2D eigenvalue weighted by Gasteiger charge is 2.12. The maximum absolute atomic E-state index is 12.8. The quantitative estimate of drug-likeness (QED) is 0.845. The fourth-order valence-corrected chi connectivity index (χ4v) is 1.84. The smallest absolute Gasteiger partial charge is 0.269 e. The summed E-state index contributed by atoms with van der Waals surface area (Å²) in [6, 6.07) is 9.53. The highest BCUT2D eigenvalue weighted by atomic mass is 19.1. The summed E-state index contributed by atoms with van der Waals surface area (Å²) < 4.78 is 23.0. The Labute approximate surface area is 132 Å². The molecule has 0 fully saturated rings. The predicted molar refractivity (Wildman–Crippen MR) is 80.9 cm³/mol. The summed E-state index contributed by atoms with van der Waals surface area (Å²) in [5.41, 5.74) is 5.02. The lowest BCUT2D eigenvalue weighted by Gasteiger charge is -2.10. The van der Waals surface area contributed by atoms with Crippen LogP contribution >= 0.6 is 0 Å². The molecule has 0 aliphatic carbocycles. The Kier molecular flexibility index (Phi) is 5.14. The van der Waals surface area contributed by atoms with E-state index >= 15 is 0 Å². The fraction of sp³-hybridized carbons (Fsp3) is 0.125. The molecule has 0 unspecified atom stereocenters. The Balaban J connectivity index is 2.02. The molecule has 0 saturated heterocycles. The largest absolute Gasteiger partial charge is 0.493 e. The van der Waals surface area contributed by atoms with Gasteiger partial charge in [-0.2, -0.15) is 0 Å². The average molecular weight is 318 g/mol. The molecular formula is C16H15FN2O4. The Morgan fingerprint density at radius 2 is 1.35 bits per heavy atom. The zero-order chi connectivity index (χ0) is 16.8. The van der Waals surface area contributed by atoms with Crippen LogP contribution < -0.4 is 20.3 Å². The monoisotopic (exact) mass is 318 g/mol. The molecule has 2 rings (SSSR count). The van der Waals surface area contributed by atoms with E-state index in [-0.39, 0.29) is 11.1 Å². The first kappa shape index (κ1) is 16.3. The summed E-state index contributed by atoms with van der Waals surface area (Å²) in [6.07, 6.45) is 0. The number of methoxy groups -OCH3 is 2. The van der Waals surface area contributed by atoms with Crippen LogP contribution in [0.1, 0.15) is 20.7 Å². The molecule has 0 aliphatic heterocycles. The summed E-state index contributed by atoms with van der Waals surface area (Å²) in [4.78, 5) is 23.8. The zero-order valence-corrected chi connectivity index (χ0v) is 12.6. The molecule has 2 amide bonds. The average Bonchev–Trinajstić information content (AvgIpc) is 2.59. The van der Waals surface area contributed by atoms with Crippen LogP contribution in [0.3, 0.4) is 0 Å². The lowest BCUT2D eigenvalue weighted by atomic mass is 10.2. The van der Waals surface area contributed by atoms with Gasteiger partial charge >= 0.3 is 0 Å². The van der Waals surface area contributed by atoms with E-state index in [1.54, 1.807) is 6.07 Å². The summed E-state index contributed by atoms with van der Waals surface area (Å²) in [5.74, 6) is -0.652. The van der Waals surface area contributed by atoms with Crippen molar-refractivity contribution in [2.75, 3.05) is 14.2 Å². The highest BCUT2D eigenvalue weighted by molar-refractivity contribution is 5.99. The van der Waals surface area contributed by atoms with Crippen LogP contribution in [0.15, 0.2) is 42.5 Å². The molecule has 0 heterocycles. The molecule has 0 aromatic heterocycles. The Morgan fingerprint density at radius 1 is 0.826 bits per heavy atom. The first-order valence-corrected chi connectivity index (χ1v) is 6.63. The first-order chi connectivity index (χ1) is 11.0. The molecule has 7 heteroatoms. The molecule has 0 atom stereocenters. The van der Waals surface area contributed by atoms with Crippen molar-refractivity contribution < 1.29 is 23.5 Å².